The predicted octanol–water partition coefficient (Wildman–Crippen LogP) is 4.48. The molecule has 12 heteroatoms. The number of hydrogen-bond donors (Lipinski definition) is 1. The monoisotopic (exact) mass is 489 g/mol. The minimum Gasteiger partial charge on any atom is -0.467 e. The van der Waals surface area contributed by atoms with Gasteiger partial charge in [0.25, 0.3) is 5.24 Å². The van der Waals surface area contributed by atoms with Crippen molar-refractivity contribution < 1.29 is 32.0 Å². The van der Waals surface area contributed by atoms with Crippen LogP contribution in [0.15, 0.2) is 41.0 Å². The highest BCUT2D eigenvalue weighted by Gasteiger charge is 2.33. The van der Waals surface area contributed by atoms with Crippen molar-refractivity contribution in [2.45, 2.75) is 19.1 Å². The van der Waals surface area contributed by atoms with Crippen molar-refractivity contribution in [2.24, 2.45) is 0 Å². The summed E-state index contributed by atoms with van der Waals surface area (Å²) in [6.07, 6.45) is -3.26. The highest BCUT2D eigenvalue weighted by molar-refractivity contribution is 8.13. The molecule has 0 aliphatic carbocycles. The summed E-state index contributed by atoms with van der Waals surface area (Å²) in [7, 11) is 0. The molecule has 1 N–H and O–H groups in total. The number of benzene rings is 1. The van der Waals surface area contributed by atoms with Crippen LogP contribution in [0.4, 0.5) is 23.7 Å². The van der Waals surface area contributed by atoms with E-state index in [4.69, 9.17) is 16.0 Å². The Labute approximate surface area is 190 Å². The number of carbonyl (C=O) groups is 3. The van der Waals surface area contributed by atoms with Crippen LogP contribution in [-0.2, 0) is 22.3 Å². The van der Waals surface area contributed by atoms with E-state index in [-0.39, 0.29) is 30.4 Å². The SMILES string of the molecule is O=C(CN(Cc1ccco1)C(=O)CCN1CCSC1=O)Nc1ccc(Cl)c(C(F)(F)F)c1. The Kier molecular flexibility index (Phi) is 7.73. The molecule has 3 rings (SSSR count). The van der Waals surface area contributed by atoms with Crippen LogP contribution in [0.5, 0.6) is 0 Å². The van der Waals surface area contributed by atoms with E-state index in [1.54, 1.807) is 17.0 Å². The Morgan fingerprint density at radius 1 is 1.28 bits per heavy atom. The molecule has 32 heavy (non-hydrogen) atoms. The average molecular weight is 490 g/mol. The van der Waals surface area contributed by atoms with Gasteiger partial charge in [-0.1, -0.05) is 23.4 Å². The third-order valence-corrected chi connectivity index (χ3v) is 5.83. The summed E-state index contributed by atoms with van der Waals surface area (Å²) < 4.78 is 44.4. The largest absolute Gasteiger partial charge is 0.467 e. The highest BCUT2D eigenvalue weighted by Crippen LogP contribution is 2.36. The molecule has 0 saturated carbocycles. The maximum Gasteiger partial charge on any atom is 0.417 e. The molecule has 2 heterocycles. The Morgan fingerprint density at radius 3 is 2.69 bits per heavy atom. The molecule has 0 atom stereocenters. The van der Waals surface area contributed by atoms with E-state index in [1.807, 2.05) is 0 Å². The standard InChI is InChI=1S/C20H19ClF3N3O4S/c21-16-4-3-13(10-15(16)20(22,23)24)25-17(28)12-27(11-14-2-1-8-31-14)18(29)5-6-26-7-9-32-19(26)30/h1-4,8,10H,5-7,9,11-12H2,(H,25,28). The fraction of sp³-hybridized carbons (Fsp3) is 0.350. The number of alkyl halides is 3. The van der Waals surface area contributed by atoms with E-state index >= 15 is 0 Å². The fourth-order valence-corrected chi connectivity index (χ4v) is 4.11. The van der Waals surface area contributed by atoms with E-state index in [0.29, 0.717) is 18.1 Å². The zero-order valence-corrected chi connectivity index (χ0v) is 18.2. The highest BCUT2D eigenvalue weighted by atomic mass is 35.5. The molecule has 0 radical (unpaired) electrons. The van der Waals surface area contributed by atoms with Crippen LogP contribution < -0.4 is 5.32 Å². The maximum absolute atomic E-state index is 13.0. The second-order valence-corrected chi connectivity index (χ2v) is 8.37. The van der Waals surface area contributed by atoms with Gasteiger partial charge in [-0.05, 0) is 30.3 Å². The summed E-state index contributed by atoms with van der Waals surface area (Å²) in [5, 5.41) is 1.77. The third-order valence-electron chi connectivity index (χ3n) is 4.61. The number of rotatable bonds is 8. The van der Waals surface area contributed by atoms with Crippen LogP contribution in [0.25, 0.3) is 0 Å². The van der Waals surface area contributed by atoms with Crippen molar-refractivity contribution in [1.29, 1.82) is 0 Å². The van der Waals surface area contributed by atoms with Gasteiger partial charge in [-0.2, -0.15) is 13.2 Å². The maximum atomic E-state index is 13.0. The number of halogens is 4. The van der Waals surface area contributed by atoms with Gasteiger partial charge in [-0.3, -0.25) is 14.4 Å². The van der Waals surface area contributed by atoms with Crippen LogP contribution >= 0.6 is 23.4 Å². The number of hydrogen-bond acceptors (Lipinski definition) is 5. The van der Waals surface area contributed by atoms with E-state index < -0.39 is 35.1 Å². The Morgan fingerprint density at radius 2 is 2.06 bits per heavy atom. The molecule has 0 spiro atoms. The lowest BCUT2D eigenvalue weighted by atomic mass is 10.2. The zero-order valence-electron chi connectivity index (χ0n) is 16.7. The summed E-state index contributed by atoms with van der Waals surface area (Å²) in [5.74, 6) is 0.0123. The molecule has 1 aromatic carbocycles. The minimum atomic E-state index is -4.68. The topological polar surface area (TPSA) is 82.9 Å². The van der Waals surface area contributed by atoms with Gasteiger partial charge in [-0.15, -0.1) is 0 Å². The summed E-state index contributed by atoms with van der Waals surface area (Å²) in [4.78, 5) is 39.7. The number of anilines is 1. The first-order chi connectivity index (χ1) is 15.1. The van der Waals surface area contributed by atoms with Crippen molar-refractivity contribution >= 4 is 46.1 Å². The van der Waals surface area contributed by atoms with Gasteiger partial charge in [0, 0.05) is 31.0 Å². The predicted molar refractivity (Wildman–Crippen MR) is 113 cm³/mol. The van der Waals surface area contributed by atoms with Gasteiger partial charge >= 0.3 is 6.18 Å². The van der Waals surface area contributed by atoms with Crippen molar-refractivity contribution in [1.82, 2.24) is 9.80 Å². The summed E-state index contributed by atoms with van der Waals surface area (Å²) in [6, 6.07) is 6.27. The van der Waals surface area contributed by atoms with E-state index in [9.17, 15) is 27.6 Å². The van der Waals surface area contributed by atoms with E-state index in [2.05, 4.69) is 5.32 Å². The van der Waals surface area contributed by atoms with Gasteiger partial charge in [-0.25, -0.2) is 0 Å². The number of amides is 3. The molecule has 0 unspecified atom stereocenters. The first kappa shape index (κ1) is 24.0. The molecule has 1 aliphatic rings. The number of nitrogens with zero attached hydrogens (tertiary/aromatic N) is 2. The summed E-state index contributed by atoms with van der Waals surface area (Å²) in [5.41, 5.74) is -1.18. The number of furan rings is 1. The smallest absolute Gasteiger partial charge is 0.417 e. The fourth-order valence-electron chi connectivity index (χ4n) is 3.03. The van der Waals surface area contributed by atoms with Crippen molar-refractivity contribution in [3.05, 3.63) is 52.9 Å². The Hall–Kier alpha value is -2.66. The molecular formula is C20H19ClF3N3O4S. The third kappa shape index (κ3) is 6.42. The molecule has 1 aromatic heterocycles. The normalized spacial score (nSPS) is 14.0. The van der Waals surface area contributed by atoms with Crippen LogP contribution in [-0.4, -0.2) is 52.2 Å². The van der Waals surface area contributed by atoms with Crippen molar-refractivity contribution in [3.8, 4) is 0 Å². The molecule has 7 nitrogen and oxygen atoms in total. The van der Waals surface area contributed by atoms with Crippen molar-refractivity contribution in [3.63, 3.8) is 0 Å². The minimum absolute atomic E-state index is 0.000540. The number of thioether (sulfide) groups is 1. The van der Waals surface area contributed by atoms with Gasteiger partial charge in [0.05, 0.1) is 23.4 Å². The molecule has 2 aromatic rings. The number of carbonyl (C=O) groups excluding carboxylic acids is 3. The molecule has 1 saturated heterocycles. The molecule has 172 valence electrons. The average Bonchev–Trinajstić information content (AvgIpc) is 3.38. The van der Waals surface area contributed by atoms with Crippen LogP contribution in [0.3, 0.4) is 0 Å². The molecule has 0 bridgehead atoms. The van der Waals surface area contributed by atoms with Gasteiger partial charge in [0.1, 0.15) is 12.3 Å². The van der Waals surface area contributed by atoms with Gasteiger partial charge in [0.2, 0.25) is 11.8 Å². The molecule has 1 aliphatic heterocycles. The van der Waals surface area contributed by atoms with Crippen molar-refractivity contribution in [2.75, 3.05) is 30.7 Å². The first-order valence-corrected chi connectivity index (χ1v) is 10.9. The lowest BCUT2D eigenvalue weighted by Crippen LogP contribution is -2.39. The van der Waals surface area contributed by atoms with Gasteiger partial charge < -0.3 is 19.5 Å². The lowest BCUT2D eigenvalue weighted by Gasteiger charge is -2.23. The van der Waals surface area contributed by atoms with E-state index in [0.717, 1.165) is 12.1 Å². The second-order valence-electron chi connectivity index (χ2n) is 6.92. The Bertz CT molecular complexity index is 985. The Balaban J connectivity index is 1.66. The lowest BCUT2D eigenvalue weighted by molar-refractivity contribution is -0.137. The summed E-state index contributed by atoms with van der Waals surface area (Å²) >= 11 is 6.77. The van der Waals surface area contributed by atoms with Gasteiger partial charge in [0.15, 0.2) is 0 Å². The molecule has 3 amide bonds. The van der Waals surface area contributed by atoms with Crippen LogP contribution in [0, 0.1) is 0 Å². The first-order valence-electron chi connectivity index (χ1n) is 9.52. The summed E-state index contributed by atoms with van der Waals surface area (Å²) in [6.45, 7) is 0.350. The quantitative estimate of drug-likeness (QED) is 0.591. The zero-order chi connectivity index (χ0) is 23.3. The number of nitrogens with one attached hydrogen (secondary N) is 1. The molecule has 1 fully saturated rings. The van der Waals surface area contributed by atoms with Crippen LogP contribution in [0.1, 0.15) is 17.7 Å². The molecular weight excluding hydrogens is 471 g/mol. The van der Waals surface area contributed by atoms with E-state index in [1.165, 1.54) is 29.0 Å². The van der Waals surface area contributed by atoms with Crippen LogP contribution in [0.2, 0.25) is 5.02 Å². The second kappa shape index (κ2) is 10.3.